The van der Waals surface area contributed by atoms with Crippen molar-refractivity contribution in [2.24, 2.45) is 17.3 Å². The minimum absolute atomic E-state index is 0.0243. The van der Waals surface area contributed by atoms with E-state index >= 15 is 0 Å². The van der Waals surface area contributed by atoms with Crippen molar-refractivity contribution >= 4 is 31.9 Å². The zero-order valence-corrected chi connectivity index (χ0v) is 9.68. The zero-order valence-electron chi connectivity index (χ0n) is 6.51. The third kappa shape index (κ3) is 1.64. The van der Waals surface area contributed by atoms with Gasteiger partial charge in [-0.25, -0.2) is 0 Å². The first-order valence-corrected chi connectivity index (χ1v) is 5.43. The Bertz CT molecular complexity index is 162. The third-order valence-electron chi connectivity index (χ3n) is 2.61. The molecule has 1 rings (SSSR count). The van der Waals surface area contributed by atoms with Gasteiger partial charge < -0.3 is 10.2 Å². The largest absolute Gasteiger partial charge is 0.357 e. The maximum atomic E-state index is 9.25. The predicted molar refractivity (Wildman–Crippen MR) is 50.7 cm³/mol. The van der Waals surface area contributed by atoms with Gasteiger partial charge in [0.25, 0.3) is 0 Å². The molecule has 0 aromatic heterocycles. The second-order valence-corrected chi connectivity index (χ2v) is 5.51. The zero-order chi connectivity index (χ0) is 8.86. The standard InChI is InChI=1S/C7H12Br2O2/c1-6(2)4(3-8)5(6)7(9,10)11/h4-5,10-11H,3H2,1-2H3. The van der Waals surface area contributed by atoms with Crippen LogP contribution in [-0.4, -0.2) is 20.2 Å². The molecule has 2 N–H and O–H groups in total. The van der Waals surface area contributed by atoms with Crippen LogP contribution in [0.25, 0.3) is 0 Å². The fourth-order valence-corrected chi connectivity index (χ4v) is 3.88. The minimum Gasteiger partial charge on any atom is -0.357 e. The van der Waals surface area contributed by atoms with Crippen molar-refractivity contribution in [3.63, 3.8) is 0 Å². The summed E-state index contributed by atoms with van der Waals surface area (Å²) in [7, 11) is 0. The fraction of sp³-hybridized carbons (Fsp3) is 1.00. The van der Waals surface area contributed by atoms with Crippen LogP contribution in [0.5, 0.6) is 0 Å². The Morgan fingerprint density at radius 1 is 1.45 bits per heavy atom. The van der Waals surface area contributed by atoms with Gasteiger partial charge in [-0.1, -0.05) is 29.8 Å². The average molecular weight is 288 g/mol. The second kappa shape index (κ2) is 2.69. The highest BCUT2D eigenvalue weighted by atomic mass is 79.9. The monoisotopic (exact) mass is 286 g/mol. The molecule has 11 heavy (non-hydrogen) atoms. The fourth-order valence-electron chi connectivity index (χ4n) is 1.76. The molecule has 1 saturated carbocycles. The van der Waals surface area contributed by atoms with Gasteiger partial charge in [-0.15, -0.1) is 0 Å². The number of hydrogen-bond acceptors (Lipinski definition) is 2. The molecule has 0 aromatic rings. The van der Waals surface area contributed by atoms with E-state index in [-0.39, 0.29) is 11.3 Å². The van der Waals surface area contributed by atoms with E-state index in [1.165, 1.54) is 0 Å². The maximum absolute atomic E-state index is 9.25. The molecule has 0 aromatic carbocycles. The maximum Gasteiger partial charge on any atom is 0.225 e. The van der Waals surface area contributed by atoms with E-state index in [1.807, 2.05) is 13.8 Å². The Hall–Kier alpha value is 0.880. The summed E-state index contributed by atoms with van der Waals surface area (Å²) in [5.74, 6) is 0.270. The number of rotatable bonds is 2. The quantitative estimate of drug-likeness (QED) is 0.599. The molecule has 1 aliphatic carbocycles. The summed E-state index contributed by atoms with van der Waals surface area (Å²) in [4.78, 5) is 0. The third-order valence-corrected chi connectivity index (χ3v) is 3.80. The lowest BCUT2D eigenvalue weighted by Gasteiger charge is -2.14. The van der Waals surface area contributed by atoms with Gasteiger partial charge in [-0.05, 0) is 27.3 Å². The smallest absolute Gasteiger partial charge is 0.225 e. The lowest BCUT2D eigenvalue weighted by Crippen LogP contribution is -2.24. The van der Waals surface area contributed by atoms with Crippen molar-refractivity contribution in [2.45, 2.75) is 18.5 Å². The molecule has 0 radical (unpaired) electrons. The van der Waals surface area contributed by atoms with E-state index < -0.39 is 4.70 Å². The summed E-state index contributed by atoms with van der Waals surface area (Å²) in [6.45, 7) is 4.07. The molecule has 2 atom stereocenters. The minimum atomic E-state index is -1.70. The first-order chi connectivity index (χ1) is 4.81. The molecule has 2 unspecified atom stereocenters. The van der Waals surface area contributed by atoms with Crippen LogP contribution in [0.1, 0.15) is 13.8 Å². The van der Waals surface area contributed by atoms with E-state index in [0.717, 1.165) is 5.33 Å². The van der Waals surface area contributed by atoms with Gasteiger partial charge in [0.15, 0.2) is 0 Å². The number of hydrogen-bond donors (Lipinski definition) is 2. The lowest BCUT2D eigenvalue weighted by atomic mass is 10.1. The molecule has 4 heteroatoms. The molecular weight excluding hydrogens is 276 g/mol. The molecule has 0 bridgehead atoms. The lowest BCUT2D eigenvalue weighted by molar-refractivity contribution is -0.0948. The van der Waals surface area contributed by atoms with Gasteiger partial charge in [0, 0.05) is 11.2 Å². The Labute approximate surface area is 83.2 Å². The Balaban J connectivity index is 2.66. The van der Waals surface area contributed by atoms with Crippen LogP contribution >= 0.6 is 31.9 Å². The average Bonchev–Trinajstić information content (AvgIpc) is 2.31. The topological polar surface area (TPSA) is 40.5 Å². The Morgan fingerprint density at radius 3 is 2.00 bits per heavy atom. The predicted octanol–water partition coefficient (Wildman–Crippen LogP) is 1.69. The van der Waals surface area contributed by atoms with Gasteiger partial charge in [-0.2, -0.15) is 0 Å². The second-order valence-electron chi connectivity index (χ2n) is 3.70. The number of halogens is 2. The van der Waals surface area contributed by atoms with Gasteiger partial charge in [0.1, 0.15) is 0 Å². The first kappa shape index (κ1) is 9.96. The van der Waals surface area contributed by atoms with Crippen LogP contribution in [0.15, 0.2) is 0 Å². The highest BCUT2D eigenvalue weighted by Gasteiger charge is 2.65. The SMILES string of the molecule is CC1(C)C(CBr)C1C(O)(O)Br. The van der Waals surface area contributed by atoms with Crippen LogP contribution < -0.4 is 0 Å². The van der Waals surface area contributed by atoms with Crippen molar-refractivity contribution in [1.29, 1.82) is 0 Å². The Kier molecular flexibility index (Phi) is 2.43. The molecule has 66 valence electrons. The highest BCUT2D eigenvalue weighted by Crippen LogP contribution is 2.64. The van der Waals surface area contributed by atoms with E-state index in [9.17, 15) is 10.2 Å². The van der Waals surface area contributed by atoms with Gasteiger partial charge in [0.2, 0.25) is 4.70 Å². The number of alkyl halides is 2. The molecule has 0 heterocycles. The van der Waals surface area contributed by atoms with Crippen LogP contribution in [0.4, 0.5) is 0 Å². The summed E-state index contributed by atoms with van der Waals surface area (Å²) < 4.78 is -1.70. The normalized spacial score (nSPS) is 35.5. The summed E-state index contributed by atoms with van der Waals surface area (Å²) in [5, 5.41) is 19.3. The molecular formula is C7H12Br2O2. The van der Waals surface area contributed by atoms with Crippen molar-refractivity contribution in [3.8, 4) is 0 Å². The van der Waals surface area contributed by atoms with E-state index in [1.54, 1.807) is 0 Å². The van der Waals surface area contributed by atoms with Crippen molar-refractivity contribution in [3.05, 3.63) is 0 Å². The van der Waals surface area contributed by atoms with Crippen molar-refractivity contribution in [1.82, 2.24) is 0 Å². The summed E-state index contributed by atoms with van der Waals surface area (Å²) in [5.41, 5.74) is 0.0243. The molecule has 1 fully saturated rings. The summed E-state index contributed by atoms with van der Waals surface area (Å²) in [6.07, 6.45) is 0. The van der Waals surface area contributed by atoms with Gasteiger partial charge in [0.05, 0.1) is 0 Å². The molecule has 1 aliphatic rings. The molecule has 0 amide bonds. The Morgan fingerprint density at radius 2 is 1.91 bits per heavy atom. The first-order valence-electron chi connectivity index (χ1n) is 3.51. The van der Waals surface area contributed by atoms with Crippen molar-refractivity contribution in [2.75, 3.05) is 5.33 Å². The van der Waals surface area contributed by atoms with Gasteiger partial charge >= 0.3 is 0 Å². The number of aliphatic hydroxyl groups is 2. The summed E-state index contributed by atoms with van der Waals surface area (Å²) in [6, 6.07) is 0. The van der Waals surface area contributed by atoms with E-state index in [4.69, 9.17) is 0 Å². The van der Waals surface area contributed by atoms with Crippen molar-refractivity contribution < 1.29 is 10.2 Å². The highest BCUT2D eigenvalue weighted by molar-refractivity contribution is 9.10. The molecule has 0 aliphatic heterocycles. The van der Waals surface area contributed by atoms with E-state index in [0.29, 0.717) is 5.92 Å². The van der Waals surface area contributed by atoms with E-state index in [2.05, 4.69) is 31.9 Å². The van der Waals surface area contributed by atoms with Gasteiger partial charge in [-0.3, -0.25) is 0 Å². The van der Waals surface area contributed by atoms with Crippen LogP contribution in [0.2, 0.25) is 0 Å². The molecule has 0 spiro atoms. The summed E-state index contributed by atoms with van der Waals surface area (Å²) >= 11 is 6.19. The van der Waals surface area contributed by atoms with Crippen LogP contribution in [0.3, 0.4) is 0 Å². The molecule has 2 nitrogen and oxygen atoms in total. The van der Waals surface area contributed by atoms with Crippen LogP contribution in [-0.2, 0) is 0 Å². The molecule has 0 saturated heterocycles. The van der Waals surface area contributed by atoms with Crippen LogP contribution in [0, 0.1) is 17.3 Å².